The van der Waals surface area contributed by atoms with E-state index in [9.17, 15) is 9.59 Å². The molecule has 2 rings (SSSR count). The first-order valence-corrected chi connectivity index (χ1v) is 9.06. The predicted octanol–water partition coefficient (Wildman–Crippen LogP) is 3.39. The summed E-state index contributed by atoms with van der Waals surface area (Å²) in [6.45, 7) is 4.79. The SMILES string of the molecule is COCCNC(=O)c1cc(NC(=O)Nc2cccc(C)c2C)ccc1N(C)C. The quantitative estimate of drug-likeness (QED) is 0.639. The second kappa shape index (κ2) is 9.75. The first-order valence-electron chi connectivity index (χ1n) is 9.06. The molecule has 0 saturated carbocycles. The maximum Gasteiger partial charge on any atom is 0.323 e. The molecule has 0 aliphatic carbocycles. The van der Waals surface area contributed by atoms with E-state index in [0.717, 1.165) is 22.5 Å². The van der Waals surface area contributed by atoms with Crippen LogP contribution in [0.4, 0.5) is 21.9 Å². The Balaban J connectivity index is 2.16. The Morgan fingerprint density at radius 2 is 1.82 bits per heavy atom. The van der Waals surface area contributed by atoms with Crippen molar-refractivity contribution in [2.75, 3.05) is 49.9 Å². The maximum absolute atomic E-state index is 12.5. The van der Waals surface area contributed by atoms with Crippen molar-refractivity contribution in [1.29, 1.82) is 0 Å². The Kier molecular flexibility index (Phi) is 7.40. The standard InChI is InChI=1S/C21H28N4O3/c1-14-7-6-8-18(15(14)2)24-21(27)23-16-9-10-19(25(3)4)17(13-16)20(26)22-11-12-28-5/h6-10,13H,11-12H2,1-5H3,(H,22,26)(H2,23,24,27). The van der Waals surface area contributed by atoms with Crippen molar-refractivity contribution in [3.05, 3.63) is 53.1 Å². The van der Waals surface area contributed by atoms with Crippen LogP contribution < -0.4 is 20.9 Å². The van der Waals surface area contributed by atoms with Crippen molar-refractivity contribution in [2.24, 2.45) is 0 Å². The van der Waals surface area contributed by atoms with Crippen LogP contribution in [0.25, 0.3) is 0 Å². The third-order valence-electron chi connectivity index (χ3n) is 4.43. The van der Waals surface area contributed by atoms with E-state index in [1.807, 2.05) is 51.0 Å². The molecule has 28 heavy (non-hydrogen) atoms. The van der Waals surface area contributed by atoms with E-state index in [1.165, 1.54) is 0 Å². The highest BCUT2D eigenvalue weighted by Gasteiger charge is 2.15. The lowest BCUT2D eigenvalue weighted by Crippen LogP contribution is -2.29. The van der Waals surface area contributed by atoms with Gasteiger partial charge in [-0.3, -0.25) is 4.79 Å². The van der Waals surface area contributed by atoms with Crippen molar-refractivity contribution in [2.45, 2.75) is 13.8 Å². The zero-order valence-corrected chi connectivity index (χ0v) is 17.1. The van der Waals surface area contributed by atoms with Gasteiger partial charge in [0, 0.05) is 44.8 Å². The number of nitrogens with one attached hydrogen (secondary N) is 3. The summed E-state index contributed by atoms with van der Waals surface area (Å²) in [6.07, 6.45) is 0. The molecule has 0 heterocycles. The summed E-state index contributed by atoms with van der Waals surface area (Å²) in [7, 11) is 5.31. The second-order valence-electron chi connectivity index (χ2n) is 6.70. The molecule has 2 aromatic carbocycles. The summed E-state index contributed by atoms with van der Waals surface area (Å²) >= 11 is 0. The normalized spacial score (nSPS) is 10.3. The largest absolute Gasteiger partial charge is 0.383 e. The summed E-state index contributed by atoms with van der Waals surface area (Å²) in [5.41, 5.74) is 4.63. The van der Waals surface area contributed by atoms with Gasteiger partial charge in [-0.1, -0.05) is 12.1 Å². The van der Waals surface area contributed by atoms with Crippen LogP contribution in [0.2, 0.25) is 0 Å². The van der Waals surface area contributed by atoms with Crippen molar-refractivity contribution < 1.29 is 14.3 Å². The van der Waals surface area contributed by atoms with Crippen LogP contribution in [-0.2, 0) is 4.74 Å². The van der Waals surface area contributed by atoms with Crippen LogP contribution in [0.5, 0.6) is 0 Å². The molecule has 0 spiro atoms. The van der Waals surface area contributed by atoms with Gasteiger partial charge in [0.1, 0.15) is 0 Å². The number of methoxy groups -OCH3 is 1. The van der Waals surface area contributed by atoms with E-state index in [-0.39, 0.29) is 11.9 Å². The van der Waals surface area contributed by atoms with Crippen LogP contribution in [0, 0.1) is 13.8 Å². The Labute approximate surface area is 166 Å². The average molecular weight is 384 g/mol. The molecule has 0 saturated heterocycles. The second-order valence-corrected chi connectivity index (χ2v) is 6.70. The van der Waals surface area contributed by atoms with Crippen LogP contribution in [0.15, 0.2) is 36.4 Å². The third-order valence-corrected chi connectivity index (χ3v) is 4.43. The molecule has 0 aliphatic rings. The van der Waals surface area contributed by atoms with Gasteiger partial charge in [0.25, 0.3) is 5.91 Å². The number of amides is 3. The molecule has 0 bridgehead atoms. The zero-order valence-electron chi connectivity index (χ0n) is 17.1. The van der Waals surface area contributed by atoms with Gasteiger partial charge in [-0.25, -0.2) is 4.79 Å². The molecule has 2 aromatic rings. The Morgan fingerprint density at radius 1 is 1.07 bits per heavy atom. The van der Waals surface area contributed by atoms with Crippen LogP contribution in [0.1, 0.15) is 21.5 Å². The molecule has 0 aromatic heterocycles. The molecule has 0 unspecified atom stereocenters. The molecule has 7 heteroatoms. The van der Waals surface area contributed by atoms with Crippen LogP contribution in [0.3, 0.4) is 0 Å². The smallest absolute Gasteiger partial charge is 0.323 e. The van der Waals surface area contributed by atoms with Gasteiger partial charge >= 0.3 is 6.03 Å². The molecule has 0 atom stereocenters. The maximum atomic E-state index is 12.5. The minimum atomic E-state index is -0.364. The summed E-state index contributed by atoms with van der Waals surface area (Å²) in [4.78, 5) is 26.8. The highest BCUT2D eigenvalue weighted by Crippen LogP contribution is 2.24. The fourth-order valence-electron chi connectivity index (χ4n) is 2.72. The minimum absolute atomic E-state index is 0.223. The van der Waals surface area contributed by atoms with Crippen molar-refractivity contribution in [1.82, 2.24) is 5.32 Å². The number of hydrogen-bond donors (Lipinski definition) is 3. The van der Waals surface area contributed by atoms with Gasteiger partial charge in [0.15, 0.2) is 0 Å². The lowest BCUT2D eigenvalue weighted by atomic mass is 10.1. The van der Waals surface area contributed by atoms with E-state index in [0.29, 0.717) is 24.4 Å². The number of benzene rings is 2. The fourth-order valence-corrected chi connectivity index (χ4v) is 2.72. The molecule has 150 valence electrons. The summed E-state index contributed by atoms with van der Waals surface area (Å²) in [5.74, 6) is -0.223. The number of nitrogens with zero attached hydrogens (tertiary/aromatic N) is 1. The Bertz CT molecular complexity index is 850. The topological polar surface area (TPSA) is 82.7 Å². The fraction of sp³-hybridized carbons (Fsp3) is 0.333. The molecule has 3 amide bonds. The number of aryl methyl sites for hydroxylation is 1. The highest BCUT2D eigenvalue weighted by molar-refractivity contribution is 6.04. The lowest BCUT2D eigenvalue weighted by Gasteiger charge is -2.19. The molecule has 7 nitrogen and oxygen atoms in total. The molecule has 3 N–H and O–H groups in total. The zero-order chi connectivity index (χ0) is 20.7. The first kappa shape index (κ1) is 21.2. The van der Waals surface area contributed by atoms with E-state index >= 15 is 0 Å². The molecule has 0 fully saturated rings. The summed E-state index contributed by atoms with van der Waals surface area (Å²) in [5, 5.41) is 8.45. The molecule has 0 aliphatic heterocycles. The van der Waals surface area contributed by atoms with Gasteiger partial charge in [-0.05, 0) is 49.2 Å². The number of carbonyl (C=O) groups excluding carboxylic acids is 2. The van der Waals surface area contributed by atoms with Crippen LogP contribution >= 0.6 is 0 Å². The molecular weight excluding hydrogens is 356 g/mol. The van der Waals surface area contributed by atoms with Crippen LogP contribution in [-0.4, -0.2) is 46.3 Å². The Morgan fingerprint density at radius 3 is 2.50 bits per heavy atom. The average Bonchev–Trinajstić information content (AvgIpc) is 2.65. The van der Waals surface area contributed by atoms with Gasteiger partial charge in [0.2, 0.25) is 0 Å². The van der Waals surface area contributed by atoms with E-state index in [4.69, 9.17) is 4.74 Å². The van der Waals surface area contributed by atoms with Gasteiger partial charge < -0.3 is 25.6 Å². The van der Waals surface area contributed by atoms with Gasteiger partial charge in [-0.15, -0.1) is 0 Å². The lowest BCUT2D eigenvalue weighted by molar-refractivity contribution is 0.0937. The van der Waals surface area contributed by atoms with Crippen molar-refractivity contribution >= 4 is 29.0 Å². The number of anilines is 3. The summed E-state index contributed by atoms with van der Waals surface area (Å²) in [6, 6.07) is 10.6. The predicted molar refractivity (Wildman–Crippen MR) is 114 cm³/mol. The van der Waals surface area contributed by atoms with E-state index in [2.05, 4.69) is 16.0 Å². The van der Waals surface area contributed by atoms with Gasteiger partial charge in [0.05, 0.1) is 12.2 Å². The number of carbonyl (C=O) groups is 2. The first-order chi connectivity index (χ1) is 13.3. The van der Waals surface area contributed by atoms with Gasteiger partial charge in [-0.2, -0.15) is 0 Å². The number of ether oxygens (including phenoxy) is 1. The molecule has 0 radical (unpaired) electrons. The monoisotopic (exact) mass is 384 g/mol. The number of urea groups is 1. The summed E-state index contributed by atoms with van der Waals surface area (Å²) < 4.78 is 4.97. The number of hydrogen-bond acceptors (Lipinski definition) is 4. The molecular formula is C21H28N4O3. The van der Waals surface area contributed by atoms with E-state index < -0.39 is 0 Å². The van der Waals surface area contributed by atoms with E-state index in [1.54, 1.807) is 25.3 Å². The third kappa shape index (κ3) is 5.47. The highest BCUT2D eigenvalue weighted by atomic mass is 16.5. The van der Waals surface area contributed by atoms with Crippen molar-refractivity contribution in [3.63, 3.8) is 0 Å². The number of rotatable bonds is 7. The minimum Gasteiger partial charge on any atom is -0.383 e. The van der Waals surface area contributed by atoms with Crippen molar-refractivity contribution in [3.8, 4) is 0 Å². The Hall–Kier alpha value is -3.06.